The zero-order valence-electron chi connectivity index (χ0n) is 5.75. The Kier molecular flexibility index (Phi) is 1.91. The highest BCUT2D eigenvalue weighted by molar-refractivity contribution is 7.79. The Morgan fingerprint density at radius 1 is 1.27 bits per heavy atom. The van der Waals surface area contributed by atoms with Crippen molar-refractivity contribution in [1.29, 1.82) is 0 Å². The van der Waals surface area contributed by atoms with Crippen molar-refractivity contribution in [3.05, 3.63) is 14.3 Å². The Labute approximate surface area is 77.1 Å². The van der Waals surface area contributed by atoms with E-state index in [1.165, 1.54) is 4.88 Å². The van der Waals surface area contributed by atoms with Crippen LogP contribution in [0.2, 0.25) is 0 Å². The van der Waals surface area contributed by atoms with Gasteiger partial charge in [-0.1, -0.05) is 32.9 Å². The molecule has 0 radical (unpaired) electrons. The maximum atomic E-state index is 11.3. The third kappa shape index (κ3) is 1.19. The number of Topliss-reactive ketones (excluding diaryl/α,β-unsaturated/α-hetero) is 1. The molecule has 0 bridgehead atoms. The lowest BCUT2D eigenvalue weighted by Gasteiger charge is -2.07. The highest BCUT2D eigenvalue weighted by Crippen LogP contribution is 2.31. The minimum absolute atomic E-state index is 0.258. The molecule has 58 valence electrons. The predicted molar refractivity (Wildman–Crippen MR) is 50.3 cm³/mol. The second-order valence-electron chi connectivity index (χ2n) is 2.53. The Bertz CT molecular complexity index is 347. The number of fused-ring (bicyclic) bond motifs is 1. The highest BCUT2D eigenvalue weighted by Gasteiger charge is 2.20. The smallest absolute Gasteiger partial charge is 0.166 e. The normalized spacial score (nSPS) is 16.5. The first kappa shape index (κ1) is 7.58. The lowest BCUT2D eigenvalue weighted by atomic mass is 9.99. The van der Waals surface area contributed by atoms with Gasteiger partial charge in [-0.2, -0.15) is 0 Å². The fourth-order valence-electron chi connectivity index (χ4n) is 1.26. The Morgan fingerprint density at radius 3 is 2.82 bits per heavy atom. The largest absolute Gasteiger partial charge is 0.294 e. The summed E-state index contributed by atoms with van der Waals surface area (Å²) in [6, 6.07) is 0. The lowest BCUT2D eigenvalue weighted by Crippen LogP contribution is -2.07. The molecule has 4 heteroatoms. The standard InChI is InChI=1S/C7H6OS3/c8-4-2-1-3-5-6(4)7(9)11-10-5/h1-3H2. The summed E-state index contributed by atoms with van der Waals surface area (Å²) in [5.74, 6) is 0.258. The fourth-order valence-corrected chi connectivity index (χ4v) is 4.23. The number of ketones is 1. The number of hydrogen-bond donors (Lipinski definition) is 0. The van der Waals surface area contributed by atoms with Gasteiger partial charge in [-0.15, -0.1) is 0 Å². The molecule has 0 unspecified atom stereocenters. The molecule has 0 saturated heterocycles. The molecule has 1 aliphatic rings. The van der Waals surface area contributed by atoms with Gasteiger partial charge in [0.1, 0.15) is 3.82 Å². The Morgan fingerprint density at radius 2 is 2.09 bits per heavy atom. The quantitative estimate of drug-likeness (QED) is 0.475. The predicted octanol–water partition coefficient (Wildman–Crippen LogP) is 3.06. The summed E-state index contributed by atoms with van der Waals surface area (Å²) in [4.78, 5) is 12.5. The van der Waals surface area contributed by atoms with Crippen LogP contribution in [0.1, 0.15) is 28.1 Å². The van der Waals surface area contributed by atoms with Crippen LogP contribution in [0, 0.1) is 3.82 Å². The molecule has 0 amide bonds. The third-order valence-electron chi connectivity index (χ3n) is 1.79. The van der Waals surface area contributed by atoms with Crippen LogP contribution in [-0.4, -0.2) is 5.78 Å². The van der Waals surface area contributed by atoms with E-state index in [0.29, 0.717) is 6.42 Å². The molecule has 1 aromatic heterocycles. The first-order valence-corrected chi connectivity index (χ1v) is 6.00. The Hall–Kier alpha value is -0.0600. The van der Waals surface area contributed by atoms with E-state index in [0.717, 1.165) is 22.2 Å². The average Bonchev–Trinajstić information content (AvgIpc) is 2.34. The maximum absolute atomic E-state index is 11.3. The molecule has 0 aromatic carbocycles. The number of carbonyl (C=O) groups excluding carboxylic acids is 1. The molecule has 11 heavy (non-hydrogen) atoms. The second-order valence-corrected chi connectivity index (χ2v) is 5.43. The zero-order chi connectivity index (χ0) is 7.84. The van der Waals surface area contributed by atoms with Crippen molar-refractivity contribution in [2.75, 3.05) is 0 Å². The van der Waals surface area contributed by atoms with Gasteiger partial charge in [0.25, 0.3) is 0 Å². The van der Waals surface area contributed by atoms with E-state index < -0.39 is 0 Å². The molecule has 0 saturated carbocycles. The molecule has 1 nitrogen and oxygen atoms in total. The Balaban J connectivity index is 2.66. The van der Waals surface area contributed by atoms with Crippen molar-refractivity contribution in [1.82, 2.24) is 0 Å². The lowest BCUT2D eigenvalue weighted by molar-refractivity contribution is 0.0973. The summed E-state index contributed by atoms with van der Waals surface area (Å²) in [6.45, 7) is 0. The first-order valence-electron chi connectivity index (χ1n) is 3.44. The van der Waals surface area contributed by atoms with Gasteiger partial charge >= 0.3 is 0 Å². The van der Waals surface area contributed by atoms with Gasteiger partial charge in [-0.25, -0.2) is 0 Å². The van der Waals surface area contributed by atoms with E-state index in [9.17, 15) is 4.79 Å². The molecule has 0 aliphatic heterocycles. The average molecular weight is 202 g/mol. The van der Waals surface area contributed by atoms with Gasteiger partial charge in [0, 0.05) is 11.3 Å². The van der Waals surface area contributed by atoms with E-state index in [-0.39, 0.29) is 5.78 Å². The van der Waals surface area contributed by atoms with Crippen molar-refractivity contribution in [3.63, 3.8) is 0 Å². The van der Waals surface area contributed by atoms with E-state index in [1.54, 1.807) is 20.7 Å². The van der Waals surface area contributed by atoms with Crippen LogP contribution in [0.4, 0.5) is 0 Å². The van der Waals surface area contributed by atoms with E-state index in [4.69, 9.17) is 12.2 Å². The monoisotopic (exact) mass is 202 g/mol. The van der Waals surface area contributed by atoms with Crippen molar-refractivity contribution in [3.8, 4) is 0 Å². The number of carbonyl (C=O) groups is 1. The van der Waals surface area contributed by atoms with Crippen molar-refractivity contribution >= 4 is 38.7 Å². The van der Waals surface area contributed by atoms with E-state index in [2.05, 4.69) is 0 Å². The number of rotatable bonds is 0. The molecule has 0 N–H and O–H groups in total. The summed E-state index contributed by atoms with van der Waals surface area (Å²) in [6.07, 6.45) is 2.76. The van der Waals surface area contributed by atoms with Crippen LogP contribution in [0.25, 0.3) is 0 Å². The third-order valence-corrected chi connectivity index (χ3v) is 4.96. The molecular weight excluding hydrogens is 196 g/mol. The van der Waals surface area contributed by atoms with Gasteiger partial charge in [0.2, 0.25) is 0 Å². The minimum Gasteiger partial charge on any atom is -0.294 e. The summed E-state index contributed by atoms with van der Waals surface area (Å²) in [5.41, 5.74) is 0.862. The summed E-state index contributed by atoms with van der Waals surface area (Å²) in [7, 11) is 3.23. The molecule has 0 atom stereocenters. The topological polar surface area (TPSA) is 17.1 Å². The van der Waals surface area contributed by atoms with Crippen LogP contribution in [0.15, 0.2) is 0 Å². The number of aryl methyl sites for hydroxylation is 1. The van der Waals surface area contributed by atoms with Gasteiger partial charge < -0.3 is 0 Å². The van der Waals surface area contributed by atoms with Crippen LogP contribution in [-0.2, 0) is 6.42 Å². The molecular formula is C7H6OS3. The summed E-state index contributed by atoms with van der Waals surface area (Å²) < 4.78 is 0.801. The van der Waals surface area contributed by atoms with Gasteiger partial charge in [-0.3, -0.25) is 4.79 Å². The van der Waals surface area contributed by atoms with Crippen molar-refractivity contribution in [2.24, 2.45) is 0 Å². The molecule has 2 rings (SSSR count). The maximum Gasteiger partial charge on any atom is 0.166 e. The van der Waals surface area contributed by atoms with Crippen LogP contribution >= 0.6 is 32.9 Å². The molecule has 1 heterocycles. The number of hydrogen-bond acceptors (Lipinski definition) is 4. The van der Waals surface area contributed by atoms with Gasteiger partial charge in [0.15, 0.2) is 5.78 Å². The summed E-state index contributed by atoms with van der Waals surface area (Å²) in [5, 5.41) is 0. The molecule has 0 fully saturated rings. The second kappa shape index (κ2) is 2.77. The van der Waals surface area contributed by atoms with Crippen molar-refractivity contribution in [2.45, 2.75) is 19.3 Å². The molecule has 0 spiro atoms. The SMILES string of the molecule is O=C1CCCc2ssc(=S)c21. The molecule has 1 aromatic rings. The van der Waals surface area contributed by atoms with Crippen molar-refractivity contribution < 1.29 is 4.79 Å². The van der Waals surface area contributed by atoms with Crippen LogP contribution < -0.4 is 0 Å². The summed E-state index contributed by atoms with van der Waals surface area (Å²) >= 11 is 5.06. The van der Waals surface area contributed by atoms with Gasteiger partial charge in [-0.05, 0) is 12.8 Å². The minimum atomic E-state index is 0.258. The van der Waals surface area contributed by atoms with E-state index >= 15 is 0 Å². The van der Waals surface area contributed by atoms with Crippen LogP contribution in [0.5, 0.6) is 0 Å². The molecule has 1 aliphatic carbocycles. The van der Waals surface area contributed by atoms with Gasteiger partial charge in [0.05, 0.1) is 5.56 Å². The van der Waals surface area contributed by atoms with Crippen LogP contribution in [0.3, 0.4) is 0 Å². The zero-order valence-corrected chi connectivity index (χ0v) is 8.20. The highest BCUT2D eigenvalue weighted by atomic mass is 32.9. The van der Waals surface area contributed by atoms with E-state index in [1.807, 2.05) is 0 Å². The first-order chi connectivity index (χ1) is 5.29. The fraction of sp³-hybridized carbons (Fsp3) is 0.429.